The van der Waals surface area contributed by atoms with E-state index in [9.17, 15) is 0 Å². The van der Waals surface area contributed by atoms with E-state index in [4.69, 9.17) is 5.73 Å². The maximum Gasteiger partial charge on any atom is 0.0101 e. The van der Waals surface area contributed by atoms with Crippen LogP contribution in [0.3, 0.4) is 0 Å². The van der Waals surface area contributed by atoms with Gasteiger partial charge in [-0.15, -0.1) is 0 Å². The summed E-state index contributed by atoms with van der Waals surface area (Å²) in [6, 6.07) is 0.474. The van der Waals surface area contributed by atoms with Crippen molar-refractivity contribution >= 4 is 0 Å². The SMILES string of the molecule is CCC1CCCC(C(N)C2CCCC2(C)C)C1. The van der Waals surface area contributed by atoms with Crippen molar-refractivity contribution in [3.05, 3.63) is 0 Å². The van der Waals surface area contributed by atoms with Crippen molar-refractivity contribution < 1.29 is 0 Å². The predicted octanol–water partition coefficient (Wildman–Crippen LogP) is 4.36. The lowest BCUT2D eigenvalue weighted by atomic mass is 9.68. The Balaban J connectivity index is 1.97. The minimum absolute atomic E-state index is 0.474. The molecule has 1 nitrogen and oxygen atoms in total. The average Bonchev–Trinajstić information content (AvgIpc) is 2.68. The van der Waals surface area contributed by atoms with Gasteiger partial charge in [0.15, 0.2) is 0 Å². The highest BCUT2D eigenvalue weighted by atomic mass is 14.7. The van der Waals surface area contributed by atoms with E-state index in [1.807, 2.05) is 0 Å². The fourth-order valence-corrected chi connectivity index (χ4v) is 4.45. The second-order valence-corrected chi connectivity index (χ2v) is 7.27. The van der Waals surface area contributed by atoms with E-state index in [1.165, 1.54) is 51.4 Å². The second-order valence-electron chi connectivity index (χ2n) is 7.27. The number of hydrogen-bond donors (Lipinski definition) is 1. The standard InChI is InChI=1S/C16H31N/c1-4-12-7-5-8-13(11-12)15(17)14-9-6-10-16(14,2)3/h12-15H,4-11,17H2,1-3H3. The predicted molar refractivity (Wildman–Crippen MR) is 74.8 cm³/mol. The summed E-state index contributed by atoms with van der Waals surface area (Å²) in [4.78, 5) is 0. The van der Waals surface area contributed by atoms with Crippen LogP contribution in [0.2, 0.25) is 0 Å². The van der Waals surface area contributed by atoms with E-state index in [1.54, 1.807) is 0 Å². The Hall–Kier alpha value is -0.0400. The summed E-state index contributed by atoms with van der Waals surface area (Å²) in [5, 5.41) is 0. The van der Waals surface area contributed by atoms with E-state index in [0.717, 1.165) is 17.8 Å². The largest absolute Gasteiger partial charge is 0.327 e. The first-order chi connectivity index (χ1) is 8.04. The van der Waals surface area contributed by atoms with Gasteiger partial charge in [0.25, 0.3) is 0 Å². The van der Waals surface area contributed by atoms with Gasteiger partial charge in [0.05, 0.1) is 0 Å². The molecule has 0 aliphatic heterocycles. The minimum atomic E-state index is 0.474. The van der Waals surface area contributed by atoms with Crippen LogP contribution in [0, 0.1) is 23.2 Å². The molecule has 0 spiro atoms. The Morgan fingerprint density at radius 2 is 1.94 bits per heavy atom. The van der Waals surface area contributed by atoms with Gasteiger partial charge in [-0.2, -0.15) is 0 Å². The van der Waals surface area contributed by atoms with Crippen LogP contribution < -0.4 is 5.73 Å². The van der Waals surface area contributed by atoms with Gasteiger partial charge in [0, 0.05) is 6.04 Å². The summed E-state index contributed by atoms with van der Waals surface area (Å²) in [5.74, 6) is 2.56. The summed E-state index contributed by atoms with van der Waals surface area (Å²) in [6.45, 7) is 7.22. The molecule has 2 aliphatic rings. The van der Waals surface area contributed by atoms with E-state index < -0.39 is 0 Å². The second kappa shape index (κ2) is 5.30. The summed E-state index contributed by atoms with van der Waals surface area (Å²) in [5.41, 5.74) is 7.14. The van der Waals surface area contributed by atoms with Crippen molar-refractivity contribution in [2.75, 3.05) is 0 Å². The molecule has 0 saturated heterocycles. The van der Waals surface area contributed by atoms with Gasteiger partial charge in [-0.1, -0.05) is 46.5 Å². The van der Waals surface area contributed by atoms with Gasteiger partial charge in [-0.3, -0.25) is 0 Å². The number of rotatable bonds is 3. The summed E-state index contributed by atoms with van der Waals surface area (Å²) < 4.78 is 0. The fraction of sp³-hybridized carbons (Fsp3) is 1.00. The zero-order chi connectivity index (χ0) is 12.5. The summed E-state index contributed by atoms with van der Waals surface area (Å²) in [6.07, 6.45) is 11.2. The van der Waals surface area contributed by atoms with Crippen LogP contribution >= 0.6 is 0 Å². The molecule has 2 saturated carbocycles. The van der Waals surface area contributed by atoms with E-state index >= 15 is 0 Å². The van der Waals surface area contributed by atoms with Crippen LogP contribution in [0.15, 0.2) is 0 Å². The van der Waals surface area contributed by atoms with E-state index in [2.05, 4.69) is 20.8 Å². The summed E-state index contributed by atoms with van der Waals surface area (Å²) in [7, 11) is 0. The van der Waals surface area contributed by atoms with Crippen LogP contribution in [0.25, 0.3) is 0 Å². The highest BCUT2D eigenvalue weighted by molar-refractivity contribution is 4.94. The monoisotopic (exact) mass is 237 g/mol. The van der Waals surface area contributed by atoms with Crippen molar-refractivity contribution in [1.29, 1.82) is 0 Å². The number of nitrogens with two attached hydrogens (primary N) is 1. The van der Waals surface area contributed by atoms with Crippen LogP contribution in [0.5, 0.6) is 0 Å². The molecule has 0 amide bonds. The van der Waals surface area contributed by atoms with Crippen LogP contribution in [0.4, 0.5) is 0 Å². The Morgan fingerprint density at radius 3 is 2.53 bits per heavy atom. The molecule has 4 unspecified atom stereocenters. The zero-order valence-corrected chi connectivity index (χ0v) is 12.0. The third kappa shape index (κ3) is 2.86. The average molecular weight is 237 g/mol. The van der Waals surface area contributed by atoms with Gasteiger partial charge in [-0.05, 0) is 48.9 Å². The molecule has 2 aliphatic carbocycles. The molecule has 2 N–H and O–H groups in total. The molecule has 0 radical (unpaired) electrons. The Labute approximate surface area is 108 Å². The summed E-state index contributed by atoms with van der Waals surface area (Å²) >= 11 is 0. The molecule has 0 heterocycles. The third-order valence-corrected chi connectivity index (χ3v) is 5.75. The molecule has 2 rings (SSSR count). The molecule has 0 aromatic rings. The van der Waals surface area contributed by atoms with Crippen molar-refractivity contribution in [2.45, 2.75) is 78.2 Å². The molecule has 1 heteroatoms. The molecule has 0 aromatic heterocycles. The van der Waals surface area contributed by atoms with E-state index in [-0.39, 0.29) is 0 Å². The molecule has 2 fully saturated rings. The fourth-order valence-electron chi connectivity index (χ4n) is 4.45. The maximum atomic E-state index is 6.65. The zero-order valence-electron chi connectivity index (χ0n) is 12.0. The van der Waals surface area contributed by atoms with Crippen molar-refractivity contribution in [3.8, 4) is 0 Å². The highest BCUT2D eigenvalue weighted by Gasteiger charge is 2.41. The first-order valence-electron chi connectivity index (χ1n) is 7.80. The molecule has 100 valence electrons. The van der Waals surface area contributed by atoms with Crippen molar-refractivity contribution in [1.82, 2.24) is 0 Å². The molecule has 0 aromatic carbocycles. The molecule has 0 bridgehead atoms. The van der Waals surface area contributed by atoms with Crippen LogP contribution in [-0.2, 0) is 0 Å². The lowest BCUT2D eigenvalue weighted by Crippen LogP contribution is -2.43. The topological polar surface area (TPSA) is 26.0 Å². The molecular formula is C16H31N. The van der Waals surface area contributed by atoms with Crippen molar-refractivity contribution in [3.63, 3.8) is 0 Å². The smallest absolute Gasteiger partial charge is 0.0101 e. The van der Waals surface area contributed by atoms with Gasteiger partial charge in [0.2, 0.25) is 0 Å². The van der Waals surface area contributed by atoms with Gasteiger partial charge in [-0.25, -0.2) is 0 Å². The number of hydrogen-bond acceptors (Lipinski definition) is 1. The van der Waals surface area contributed by atoms with Crippen LogP contribution in [-0.4, -0.2) is 6.04 Å². The van der Waals surface area contributed by atoms with Gasteiger partial charge >= 0.3 is 0 Å². The lowest BCUT2D eigenvalue weighted by Gasteiger charge is -2.40. The lowest BCUT2D eigenvalue weighted by molar-refractivity contribution is 0.137. The minimum Gasteiger partial charge on any atom is -0.327 e. The molecular weight excluding hydrogens is 206 g/mol. The highest BCUT2D eigenvalue weighted by Crippen LogP contribution is 2.47. The van der Waals surface area contributed by atoms with Crippen LogP contribution in [0.1, 0.15) is 72.1 Å². The Bertz CT molecular complexity index is 246. The molecule has 4 atom stereocenters. The first kappa shape index (κ1) is 13.4. The Kier molecular flexibility index (Phi) is 4.18. The maximum absolute atomic E-state index is 6.65. The van der Waals surface area contributed by atoms with E-state index in [0.29, 0.717) is 11.5 Å². The Morgan fingerprint density at radius 1 is 1.18 bits per heavy atom. The quantitative estimate of drug-likeness (QED) is 0.775. The van der Waals surface area contributed by atoms with Crippen molar-refractivity contribution in [2.24, 2.45) is 28.9 Å². The van der Waals surface area contributed by atoms with Gasteiger partial charge < -0.3 is 5.73 Å². The van der Waals surface area contributed by atoms with Gasteiger partial charge in [0.1, 0.15) is 0 Å². The molecule has 17 heavy (non-hydrogen) atoms. The first-order valence-corrected chi connectivity index (χ1v) is 7.80. The normalized spacial score (nSPS) is 39.2. The third-order valence-electron chi connectivity index (χ3n) is 5.75.